The highest BCUT2D eigenvalue weighted by Crippen LogP contribution is 2.22. The number of halogens is 2. The summed E-state index contributed by atoms with van der Waals surface area (Å²) in [5, 5.41) is 1.23. The van der Waals surface area contributed by atoms with Gasteiger partial charge in [0.05, 0.1) is 0 Å². The molecule has 0 saturated heterocycles. The second-order valence-corrected chi connectivity index (χ2v) is 4.91. The molecule has 0 aromatic heterocycles. The van der Waals surface area contributed by atoms with Crippen LogP contribution < -0.4 is 0 Å². The summed E-state index contributed by atoms with van der Waals surface area (Å²) in [5.41, 5.74) is 0.821. The molecular weight excluding hydrogens is 243 g/mol. The largest absolute Gasteiger partial charge is 0.299 e. The lowest BCUT2D eigenvalue weighted by molar-refractivity contribution is -0.121. The molecule has 0 spiro atoms. The highest BCUT2D eigenvalue weighted by atomic mass is 35.5. The highest BCUT2D eigenvalue weighted by Gasteiger charge is 2.14. The molecule has 16 heavy (non-hydrogen) atoms. The van der Waals surface area contributed by atoms with Gasteiger partial charge in [-0.1, -0.05) is 43.5 Å². The molecule has 0 saturated carbocycles. The molecule has 0 N–H and O–H groups in total. The van der Waals surface area contributed by atoms with Crippen molar-refractivity contribution in [1.82, 2.24) is 0 Å². The van der Waals surface area contributed by atoms with E-state index in [9.17, 15) is 4.79 Å². The summed E-state index contributed by atoms with van der Waals surface area (Å²) < 4.78 is 0. The van der Waals surface area contributed by atoms with Crippen molar-refractivity contribution in [2.24, 2.45) is 5.92 Å². The van der Waals surface area contributed by atoms with Gasteiger partial charge in [0.2, 0.25) is 0 Å². The van der Waals surface area contributed by atoms with Gasteiger partial charge < -0.3 is 0 Å². The normalized spacial score (nSPS) is 12.5. The van der Waals surface area contributed by atoms with Gasteiger partial charge >= 0.3 is 0 Å². The average molecular weight is 259 g/mol. The van der Waals surface area contributed by atoms with Crippen molar-refractivity contribution in [3.8, 4) is 0 Å². The van der Waals surface area contributed by atoms with Crippen LogP contribution >= 0.6 is 23.2 Å². The Morgan fingerprint density at radius 2 is 2.06 bits per heavy atom. The molecule has 88 valence electrons. The molecule has 1 unspecified atom stereocenters. The first kappa shape index (κ1) is 13.5. The smallest absolute Gasteiger partial charge is 0.140 e. The number of hydrogen-bond donors (Lipinski definition) is 0. The van der Waals surface area contributed by atoms with Crippen molar-refractivity contribution in [3.05, 3.63) is 33.8 Å². The quantitative estimate of drug-likeness (QED) is 0.758. The van der Waals surface area contributed by atoms with Crippen LogP contribution in [0.3, 0.4) is 0 Å². The Morgan fingerprint density at radius 1 is 1.38 bits per heavy atom. The number of Topliss-reactive ketones (excluding diaryl/α,β-unsaturated/α-hetero) is 1. The molecule has 1 rings (SSSR count). The van der Waals surface area contributed by atoms with Crippen molar-refractivity contribution in [2.45, 2.75) is 33.1 Å². The third-order valence-electron chi connectivity index (χ3n) is 2.64. The predicted octanol–water partition coefficient (Wildman–Crippen LogP) is 4.54. The van der Waals surface area contributed by atoms with E-state index in [1.165, 1.54) is 0 Å². The second-order valence-electron chi connectivity index (χ2n) is 4.07. The van der Waals surface area contributed by atoms with Crippen LogP contribution in [0.5, 0.6) is 0 Å². The van der Waals surface area contributed by atoms with Gasteiger partial charge in [0.1, 0.15) is 5.78 Å². The van der Waals surface area contributed by atoms with Gasteiger partial charge in [-0.15, -0.1) is 0 Å². The van der Waals surface area contributed by atoms with E-state index in [4.69, 9.17) is 23.2 Å². The van der Waals surface area contributed by atoms with Crippen molar-refractivity contribution in [2.75, 3.05) is 0 Å². The summed E-state index contributed by atoms with van der Waals surface area (Å²) >= 11 is 11.9. The minimum absolute atomic E-state index is 0.0973. The standard InChI is InChI=1S/C13H16Cl2O/c1-3-4-9(2)13(16)8-10-7-11(14)5-6-12(10)15/h5-7,9H,3-4,8H2,1-2H3. The minimum Gasteiger partial charge on any atom is -0.299 e. The molecule has 1 aromatic carbocycles. The van der Waals surface area contributed by atoms with E-state index in [0.717, 1.165) is 18.4 Å². The van der Waals surface area contributed by atoms with Gasteiger partial charge in [0.25, 0.3) is 0 Å². The first-order valence-electron chi connectivity index (χ1n) is 5.51. The first-order chi connectivity index (χ1) is 7.54. The van der Waals surface area contributed by atoms with Crippen LogP contribution in [0.4, 0.5) is 0 Å². The summed E-state index contributed by atoms with van der Waals surface area (Å²) in [6.45, 7) is 4.04. The topological polar surface area (TPSA) is 17.1 Å². The fraction of sp³-hybridized carbons (Fsp3) is 0.462. The monoisotopic (exact) mass is 258 g/mol. The Labute approximate surface area is 107 Å². The summed E-state index contributed by atoms with van der Waals surface area (Å²) in [4.78, 5) is 11.9. The maximum Gasteiger partial charge on any atom is 0.140 e. The average Bonchev–Trinajstić information content (AvgIpc) is 2.23. The van der Waals surface area contributed by atoms with Crippen molar-refractivity contribution in [1.29, 1.82) is 0 Å². The summed E-state index contributed by atoms with van der Waals surface area (Å²) in [5.74, 6) is 0.325. The molecule has 0 aliphatic heterocycles. The van der Waals surface area contributed by atoms with Crippen molar-refractivity contribution in [3.63, 3.8) is 0 Å². The summed E-state index contributed by atoms with van der Waals surface area (Å²) in [7, 11) is 0. The molecule has 1 nitrogen and oxygen atoms in total. The van der Waals surface area contributed by atoms with Crippen LogP contribution in [0, 0.1) is 5.92 Å². The van der Waals surface area contributed by atoms with Crippen molar-refractivity contribution < 1.29 is 4.79 Å². The maximum absolute atomic E-state index is 11.9. The third-order valence-corrected chi connectivity index (χ3v) is 3.25. The number of hydrogen-bond acceptors (Lipinski definition) is 1. The summed E-state index contributed by atoms with van der Waals surface area (Å²) in [6, 6.07) is 5.23. The van der Waals surface area contributed by atoms with Gasteiger partial charge in [-0.3, -0.25) is 4.79 Å². The molecule has 0 aliphatic rings. The molecule has 0 amide bonds. The number of carbonyl (C=O) groups excluding carboxylic acids is 1. The Bertz CT molecular complexity index is 374. The van der Waals surface area contributed by atoms with E-state index in [1.807, 2.05) is 6.92 Å². The Morgan fingerprint density at radius 3 is 2.69 bits per heavy atom. The van der Waals surface area contributed by atoms with E-state index in [0.29, 0.717) is 16.5 Å². The van der Waals surface area contributed by atoms with Crippen molar-refractivity contribution >= 4 is 29.0 Å². The fourth-order valence-electron chi connectivity index (χ4n) is 1.63. The molecule has 1 aromatic rings. The van der Waals surface area contributed by atoms with Gasteiger partial charge in [-0.25, -0.2) is 0 Å². The second kappa shape index (κ2) is 6.27. The number of benzene rings is 1. The van der Waals surface area contributed by atoms with Gasteiger partial charge in [0.15, 0.2) is 0 Å². The zero-order chi connectivity index (χ0) is 12.1. The minimum atomic E-state index is 0.0973. The maximum atomic E-state index is 11.9. The third kappa shape index (κ3) is 3.80. The Balaban J connectivity index is 2.72. The zero-order valence-electron chi connectivity index (χ0n) is 9.59. The van der Waals surface area contributed by atoms with Crippen LogP contribution in [0.15, 0.2) is 18.2 Å². The molecule has 0 radical (unpaired) electrons. The first-order valence-corrected chi connectivity index (χ1v) is 6.26. The van der Waals surface area contributed by atoms with Gasteiger partial charge in [0, 0.05) is 22.4 Å². The van der Waals surface area contributed by atoms with Gasteiger partial charge in [-0.05, 0) is 30.2 Å². The van der Waals surface area contributed by atoms with Gasteiger partial charge in [-0.2, -0.15) is 0 Å². The predicted molar refractivity (Wildman–Crippen MR) is 69.2 cm³/mol. The lowest BCUT2D eigenvalue weighted by atomic mass is 9.96. The lowest BCUT2D eigenvalue weighted by Gasteiger charge is -2.10. The number of ketones is 1. The van der Waals surface area contributed by atoms with Crippen LogP contribution in [0.25, 0.3) is 0 Å². The SMILES string of the molecule is CCCC(C)C(=O)Cc1cc(Cl)ccc1Cl. The zero-order valence-corrected chi connectivity index (χ0v) is 11.1. The van der Waals surface area contributed by atoms with E-state index >= 15 is 0 Å². The number of rotatable bonds is 5. The van der Waals surface area contributed by atoms with E-state index in [-0.39, 0.29) is 11.7 Å². The molecule has 0 heterocycles. The van der Waals surface area contributed by atoms with Crippen LogP contribution in [0.2, 0.25) is 10.0 Å². The number of carbonyl (C=O) groups is 1. The fourth-order valence-corrected chi connectivity index (χ4v) is 2.01. The van der Waals surface area contributed by atoms with Crippen LogP contribution in [-0.4, -0.2) is 5.78 Å². The Hall–Kier alpha value is -0.530. The lowest BCUT2D eigenvalue weighted by Crippen LogP contribution is -2.13. The summed E-state index contributed by atoms with van der Waals surface area (Å²) in [6.07, 6.45) is 2.33. The molecule has 0 fully saturated rings. The molecule has 3 heteroatoms. The van der Waals surface area contributed by atoms with E-state index in [1.54, 1.807) is 18.2 Å². The molecular formula is C13H16Cl2O. The molecule has 1 atom stereocenters. The molecule has 0 aliphatic carbocycles. The van der Waals surface area contributed by atoms with E-state index in [2.05, 4.69) is 6.92 Å². The molecule has 0 bridgehead atoms. The van der Waals surface area contributed by atoms with Crippen LogP contribution in [-0.2, 0) is 11.2 Å². The van der Waals surface area contributed by atoms with Crippen LogP contribution in [0.1, 0.15) is 32.3 Å². The Kier molecular flexibility index (Phi) is 5.30. The van der Waals surface area contributed by atoms with E-state index < -0.39 is 0 Å². The highest BCUT2D eigenvalue weighted by molar-refractivity contribution is 6.33.